The Morgan fingerprint density at radius 3 is 2.10 bits per heavy atom. The number of nitrogens with two attached hydrogens (primary N) is 1. The highest BCUT2D eigenvalue weighted by Gasteiger charge is 2.41. The second kappa shape index (κ2) is 12.7. The van der Waals surface area contributed by atoms with E-state index in [1.54, 1.807) is 29.2 Å². The standard InChI is InChI=1S/C30H33N5O4/c1-39-30(38)34-26(25(21-9-4-2-5-10-21)22-11-6-3-7-12-22)29(37)35-18-8-13-24(35)28(36)33-19-20-14-16-23(17-15-20)27(31)32/h2-7,9-12,14-17,24-26H,8,13,18-19H2,1H3,(H3,31,32)(H,33,36)(H,34,38)/t24-,26?/m0/s1. The minimum Gasteiger partial charge on any atom is -0.453 e. The number of methoxy groups -OCH3 is 1. The van der Waals surface area contributed by atoms with Gasteiger partial charge in [0.2, 0.25) is 11.8 Å². The van der Waals surface area contributed by atoms with Gasteiger partial charge in [-0.3, -0.25) is 15.0 Å². The monoisotopic (exact) mass is 527 g/mol. The van der Waals surface area contributed by atoms with E-state index in [1.165, 1.54) is 7.11 Å². The molecule has 1 aliphatic rings. The molecule has 3 aromatic rings. The molecule has 2 atom stereocenters. The first kappa shape index (κ1) is 27.4. The number of alkyl carbamates (subject to hydrolysis) is 1. The predicted molar refractivity (Wildman–Crippen MR) is 148 cm³/mol. The Kier molecular flexibility index (Phi) is 8.94. The van der Waals surface area contributed by atoms with E-state index in [0.29, 0.717) is 24.9 Å². The summed E-state index contributed by atoms with van der Waals surface area (Å²) in [5.41, 5.74) is 8.68. The first-order valence-corrected chi connectivity index (χ1v) is 12.8. The fourth-order valence-corrected chi connectivity index (χ4v) is 4.96. The molecule has 0 saturated carbocycles. The SMILES string of the molecule is COC(=O)NC(C(=O)N1CCC[C@H]1C(=O)NCc1ccc(C(=N)N)cc1)C(c1ccccc1)c1ccccc1. The molecule has 0 aliphatic carbocycles. The number of amides is 3. The molecule has 4 rings (SSSR count). The topological polar surface area (TPSA) is 138 Å². The molecule has 0 bridgehead atoms. The Morgan fingerprint density at radius 1 is 0.974 bits per heavy atom. The molecule has 9 heteroatoms. The van der Waals surface area contributed by atoms with Crippen LogP contribution in [0.3, 0.4) is 0 Å². The molecule has 0 radical (unpaired) electrons. The maximum atomic E-state index is 14.1. The Labute approximate surface area is 227 Å². The number of nitrogens with zero attached hydrogens (tertiary/aromatic N) is 1. The van der Waals surface area contributed by atoms with Crippen molar-refractivity contribution < 1.29 is 19.1 Å². The van der Waals surface area contributed by atoms with Gasteiger partial charge in [-0.1, -0.05) is 84.9 Å². The predicted octanol–water partition coefficient (Wildman–Crippen LogP) is 3.13. The average Bonchev–Trinajstić information content (AvgIpc) is 3.47. The summed E-state index contributed by atoms with van der Waals surface area (Å²) in [7, 11) is 1.26. The summed E-state index contributed by atoms with van der Waals surface area (Å²) in [6.07, 6.45) is 0.468. The van der Waals surface area contributed by atoms with E-state index in [9.17, 15) is 14.4 Å². The van der Waals surface area contributed by atoms with Crippen molar-refractivity contribution in [1.82, 2.24) is 15.5 Å². The second-order valence-corrected chi connectivity index (χ2v) is 9.43. The fourth-order valence-electron chi connectivity index (χ4n) is 4.96. The Balaban J connectivity index is 1.57. The van der Waals surface area contributed by atoms with Crippen molar-refractivity contribution in [3.63, 3.8) is 0 Å². The highest BCUT2D eigenvalue weighted by atomic mass is 16.5. The lowest BCUT2D eigenvalue weighted by atomic mass is 9.84. The van der Waals surface area contributed by atoms with Gasteiger partial charge >= 0.3 is 6.09 Å². The van der Waals surface area contributed by atoms with Crippen LogP contribution in [0.1, 0.15) is 41.0 Å². The molecular weight excluding hydrogens is 494 g/mol. The van der Waals surface area contributed by atoms with Gasteiger partial charge in [0.05, 0.1) is 7.11 Å². The zero-order chi connectivity index (χ0) is 27.8. The van der Waals surface area contributed by atoms with Crippen molar-refractivity contribution in [2.75, 3.05) is 13.7 Å². The van der Waals surface area contributed by atoms with Gasteiger partial charge in [-0.25, -0.2) is 4.79 Å². The number of amidine groups is 1. The van der Waals surface area contributed by atoms with Gasteiger partial charge in [0.15, 0.2) is 0 Å². The van der Waals surface area contributed by atoms with Crippen LogP contribution in [-0.4, -0.2) is 54.4 Å². The molecular formula is C30H33N5O4. The van der Waals surface area contributed by atoms with Crippen molar-refractivity contribution in [2.45, 2.75) is 37.4 Å². The number of hydrogen-bond acceptors (Lipinski definition) is 5. The van der Waals surface area contributed by atoms with Gasteiger partial charge in [-0.15, -0.1) is 0 Å². The first-order valence-electron chi connectivity index (χ1n) is 12.8. The van der Waals surface area contributed by atoms with Gasteiger partial charge in [-0.05, 0) is 29.5 Å². The fraction of sp³-hybridized carbons (Fsp3) is 0.267. The smallest absolute Gasteiger partial charge is 0.407 e. The number of carbonyl (C=O) groups is 3. The molecule has 0 aromatic heterocycles. The lowest BCUT2D eigenvalue weighted by molar-refractivity contribution is -0.140. The van der Waals surface area contributed by atoms with E-state index in [4.69, 9.17) is 15.9 Å². The van der Waals surface area contributed by atoms with Crippen molar-refractivity contribution in [1.29, 1.82) is 5.41 Å². The number of ether oxygens (including phenoxy) is 1. The molecule has 1 fully saturated rings. The van der Waals surface area contributed by atoms with Crippen LogP contribution in [0.2, 0.25) is 0 Å². The Hall–Kier alpha value is -4.66. The van der Waals surface area contributed by atoms with Crippen LogP contribution in [0.15, 0.2) is 84.9 Å². The van der Waals surface area contributed by atoms with Crippen LogP contribution in [0.25, 0.3) is 0 Å². The highest BCUT2D eigenvalue weighted by Crippen LogP contribution is 2.31. The van der Waals surface area contributed by atoms with Crippen LogP contribution < -0.4 is 16.4 Å². The van der Waals surface area contributed by atoms with E-state index in [2.05, 4.69) is 10.6 Å². The Morgan fingerprint density at radius 2 is 1.56 bits per heavy atom. The largest absolute Gasteiger partial charge is 0.453 e. The van der Waals surface area contributed by atoms with Crippen LogP contribution >= 0.6 is 0 Å². The minimum absolute atomic E-state index is 0.0230. The molecule has 5 N–H and O–H groups in total. The van der Waals surface area contributed by atoms with Crippen molar-refractivity contribution in [3.05, 3.63) is 107 Å². The van der Waals surface area contributed by atoms with E-state index in [1.807, 2.05) is 60.7 Å². The molecule has 3 amide bonds. The molecule has 202 valence electrons. The number of nitrogens with one attached hydrogen (secondary N) is 3. The summed E-state index contributed by atoms with van der Waals surface area (Å²) in [6, 6.07) is 24.4. The van der Waals surface area contributed by atoms with Crippen molar-refractivity contribution >= 4 is 23.7 Å². The number of hydrogen-bond donors (Lipinski definition) is 4. The summed E-state index contributed by atoms with van der Waals surface area (Å²) in [6.45, 7) is 0.677. The van der Waals surface area contributed by atoms with Gasteiger partial charge < -0.3 is 26.0 Å². The lowest BCUT2D eigenvalue weighted by Crippen LogP contribution is -2.55. The molecule has 1 unspecified atom stereocenters. The number of nitrogen functional groups attached to an aromatic ring is 1. The first-order chi connectivity index (χ1) is 18.9. The van der Waals surface area contributed by atoms with Gasteiger partial charge in [0.1, 0.15) is 17.9 Å². The molecule has 1 aliphatic heterocycles. The lowest BCUT2D eigenvalue weighted by Gasteiger charge is -2.33. The summed E-state index contributed by atoms with van der Waals surface area (Å²) in [4.78, 5) is 41.4. The number of likely N-dealkylation sites (tertiary alicyclic amines) is 1. The molecule has 3 aromatic carbocycles. The molecule has 1 saturated heterocycles. The summed E-state index contributed by atoms with van der Waals surface area (Å²) >= 11 is 0. The third-order valence-electron chi connectivity index (χ3n) is 6.95. The maximum absolute atomic E-state index is 14.1. The molecule has 39 heavy (non-hydrogen) atoms. The van der Waals surface area contributed by atoms with E-state index in [-0.39, 0.29) is 24.2 Å². The maximum Gasteiger partial charge on any atom is 0.407 e. The minimum atomic E-state index is -0.991. The van der Waals surface area contributed by atoms with E-state index in [0.717, 1.165) is 16.7 Å². The summed E-state index contributed by atoms with van der Waals surface area (Å²) in [5, 5.41) is 13.2. The van der Waals surface area contributed by atoms with Crippen LogP contribution in [-0.2, 0) is 20.9 Å². The van der Waals surface area contributed by atoms with E-state index < -0.39 is 24.1 Å². The van der Waals surface area contributed by atoms with Crippen molar-refractivity contribution in [2.24, 2.45) is 5.73 Å². The Bertz CT molecular complexity index is 1260. The zero-order valence-corrected chi connectivity index (χ0v) is 21.8. The number of rotatable bonds is 9. The second-order valence-electron chi connectivity index (χ2n) is 9.43. The summed E-state index contributed by atoms with van der Waals surface area (Å²) < 4.78 is 4.88. The molecule has 0 spiro atoms. The number of carbonyl (C=O) groups excluding carboxylic acids is 3. The summed E-state index contributed by atoms with van der Waals surface area (Å²) in [5.74, 6) is -1.13. The third kappa shape index (κ3) is 6.62. The van der Waals surface area contributed by atoms with Gasteiger partial charge in [0.25, 0.3) is 0 Å². The van der Waals surface area contributed by atoms with E-state index >= 15 is 0 Å². The average molecular weight is 528 g/mol. The highest BCUT2D eigenvalue weighted by molar-refractivity contribution is 5.95. The normalized spacial score (nSPS) is 15.4. The van der Waals surface area contributed by atoms with Crippen LogP contribution in [0, 0.1) is 5.41 Å². The molecule has 1 heterocycles. The van der Waals surface area contributed by atoms with Crippen molar-refractivity contribution in [3.8, 4) is 0 Å². The third-order valence-corrected chi connectivity index (χ3v) is 6.95. The number of benzene rings is 3. The van der Waals surface area contributed by atoms with Crippen LogP contribution in [0.5, 0.6) is 0 Å². The zero-order valence-electron chi connectivity index (χ0n) is 21.8. The van der Waals surface area contributed by atoms with Gasteiger partial charge in [0, 0.05) is 24.6 Å². The molecule has 9 nitrogen and oxygen atoms in total. The quantitative estimate of drug-likeness (QED) is 0.250. The van der Waals surface area contributed by atoms with Gasteiger partial charge in [-0.2, -0.15) is 0 Å². The van der Waals surface area contributed by atoms with Crippen LogP contribution in [0.4, 0.5) is 4.79 Å².